The number of hydrogen-bond donors (Lipinski definition) is 1. The number of nitrogens with one attached hydrogen (secondary N) is 1. The molecule has 3 rings (SSSR count). The zero-order chi connectivity index (χ0) is 19.8. The van der Waals surface area contributed by atoms with Crippen LogP contribution in [0.15, 0.2) is 54.6 Å². The highest BCUT2D eigenvalue weighted by Crippen LogP contribution is 2.22. The van der Waals surface area contributed by atoms with Crippen LogP contribution in [-0.4, -0.2) is 48.1 Å². The lowest BCUT2D eigenvalue weighted by atomic mass is 10.1. The third-order valence-electron chi connectivity index (χ3n) is 5.20. The molecule has 1 aliphatic heterocycles. The zero-order valence-electron chi connectivity index (χ0n) is 16.8. The number of hydrogen-bond acceptors (Lipinski definition) is 4. The maximum absolute atomic E-state index is 12.5. The molecule has 1 saturated heterocycles. The molecule has 1 amide bonds. The summed E-state index contributed by atoms with van der Waals surface area (Å²) in [7, 11) is 0. The van der Waals surface area contributed by atoms with Crippen LogP contribution in [-0.2, 0) is 6.54 Å². The van der Waals surface area contributed by atoms with Gasteiger partial charge in [0, 0.05) is 37.0 Å². The van der Waals surface area contributed by atoms with Crippen LogP contribution in [0, 0.1) is 0 Å². The van der Waals surface area contributed by atoms with Crippen LogP contribution in [0.3, 0.4) is 0 Å². The number of benzene rings is 2. The van der Waals surface area contributed by atoms with E-state index in [1.54, 1.807) is 0 Å². The van der Waals surface area contributed by atoms with E-state index in [-0.39, 0.29) is 12.0 Å². The van der Waals surface area contributed by atoms with Crippen LogP contribution in [0.2, 0.25) is 0 Å². The van der Waals surface area contributed by atoms with Crippen molar-refractivity contribution < 1.29 is 9.53 Å². The summed E-state index contributed by atoms with van der Waals surface area (Å²) in [4.78, 5) is 15.0. The van der Waals surface area contributed by atoms with Crippen LogP contribution >= 0.6 is 11.8 Å². The predicted octanol–water partition coefficient (Wildman–Crippen LogP) is 4.21. The van der Waals surface area contributed by atoms with Crippen molar-refractivity contribution in [3.63, 3.8) is 0 Å². The quantitative estimate of drug-likeness (QED) is 0.723. The topological polar surface area (TPSA) is 41.6 Å². The molecule has 28 heavy (non-hydrogen) atoms. The Hall–Kier alpha value is -1.98. The monoisotopic (exact) mass is 398 g/mol. The number of thioether (sulfide) groups is 1. The van der Waals surface area contributed by atoms with Gasteiger partial charge in [0.15, 0.2) is 0 Å². The van der Waals surface area contributed by atoms with Gasteiger partial charge < -0.3 is 10.1 Å². The molecule has 0 aliphatic carbocycles. The molecular weight excluding hydrogens is 368 g/mol. The average molecular weight is 399 g/mol. The van der Waals surface area contributed by atoms with Gasteiger partial charge in [0.25, 0.3) is 5.91 Å². The van der Waals surface area contributed by atoms with Gasteiger partial charge in [-0.25, -0.2) is 0 Å². The van der Waals surface area contributed by atoms with Gasteiger partial charge in [-0.05, 0) is 49.8 Å². The Morgan fingerprint density at radius 2 is 1.93 bits per heavy atom. The van der Waals surface area contributed by atoms with E-state index in [2.05, 4.69) is 23.4 Å². The lowest BCUT2D eigenvalue weighted by Crippen LogP contribution is -2.43. The molecule has 0 spiro atoms. The van der Waals surface area contributed by atoms with Crippen LogP contribution < -0.4 is 10.1 Å². The largest absolute Gasteiger partial charge is 0.490 e. The number of carbonyl (C=O) groups excluding carboxylic acids is 1. The second-order valence-electron chi connectivity index (χ2n) is 7.35. The SMILES string of the molecule is CSC[C@@H](C)N1CCC(Oc2cccc(C(=O)NCc3ccccc3)c2)CC1. The molecule has 0 bridgehead atoms. The van der Waals surface area contributed by atoms with Crippen molar-refractivity contribution in [2.24, 2.45) is 0 Å². The fraction of sp³-hybridized carbons (Fsp3) is 0.435. The maximum Gasteiger partial charge on any atom is 0.251 e. The van der Waals surface area contributed by atoms with Crippen molar-refractivity contribution in [3.05, 3.63) is 65.7 Å². The van der Waals surface area contributed by atoms with Gasteiger partial charge in [0.1, 0.15) is 11.9 Å². The molecule has 1 atom stereocenters. The highest BCUT2D eigenvalue weighted by Gasteiger charge is 2.23. The molecular formula is C23H30N2O2S. The summed E-state index contributed by atoms with van der Waals surface area (Å²) in [5.41, 5.74) is 1.73. The zero-order valence-corrected chi connectivity index (χ0v) is 17.6. The molecule has 2 aromatic carbocycles. The van der Waals surface area contributed by atoms with Crippen LogP contribution in [0.1, 0.15) is 35.7 Å². The standard InChI is InChI=1S/C23H30N2O2S/c1-18(17-28-2)25-13-11-21(12-14-25)27-22-10-6-9-20(15-22)23(26)24-16-19-7-4-3-5-8-19/h3-10,15,18,21H,11-14,16-17H2,1-2H3,(H,24,26)/t18-/m1/s1. The van der Waals surface area contributed by atoms with Crippen molar-refractivity contribution in [2.75, 3.05) is 25.1 Å². The van der Waals surface area contributed by atoms with Gasteiger partial charge >= 0.3 is 0 Å². The van der Waals surface area contributed by atoms with Crippen LogP contribution in [0.5, 0.6) is 5.75 Å². The third kappa shape index (κ3) is 6.01. The molecule has 2 aromatic rings. The molecule has 0 aromatic heterocycles. The minimum Gasteiger partial charge on any atom is -0.490 e. The molecule has 1 N–H and O–H groups in total. The summed E-state index contributed by atoms with van der Waals surface area (Å²) in [6, 6.07) is 18.1. The molecule has 0 saturated carbocycles. The second-order valence-corrected chi connectivity index (χ2v) is 8.26. The first kappa shape index (κ1) is 20.7. The van der Waals surface area contributed by atoms with Gasteiger partial charge in [-0.3, -0.25) is 9.69 Å². The minimum absolute atomic E-state index is 0.0741. The number of piperidine rings is 1. The normalized spacial score (nSPS) is 16.5. The Balaban J connectivity index is 1.50. The van der Waals surface area contributed by atoms with E-state index in [0.29, 0.717) is 18.2 Å². The molecule has 1 heterocycles. The summed E-state index contributed by atoms with van der Waals surface area (Å²) >= 11 is 1.90. The number of ether oxygens (including phenoxy) is 1. The summed E-state index contributed by atoms with van der Waals surface area (Å²) in [5.74, 6) is 1.88. The fourth-order valence-corrected chi connectivity index (χ4v) is 4.26. The molecule has 5 heteroatoms. The lowest BCUT2D eigenvalue weighted by molar-refractivity contribution is 0.0849. The number of rotatable bonds is 8. The van der Waals surface area contributed by atoms with Crippen molar-refractivity contribution in [3.8, 4) is 5.75 Å². The lowest BCUT2D eigenvalue weighted by Gasteiger charge is -2.35. The van der Waals surface area contributed by atoms with E-state index in [1.807, 2.05) is 66.4 Å². The molecule has 150 valence electrons. The second kappa shape index (κ2) is 10.5. The Kier molecular flexibility index (Phi) is 7.80. The molecule has 1 aliphatic rings. The maximum atomic E-state index is 12.5. The first-order chi connectivity index (χ1) is 13.7. The molecule has 0 unspecified atom stereocenters. The van der Waals surface area contributed by atoms with E-state index in [4.69, 9.17) is 4.74 Å². The summed E-state index contributed by atoms with van der Waals surface area (Å²) in [5, 5.41) is 2.97. The number of amides is 1. The van der Waals surface area contributed by atoms with Crippen molar-refractivity contribution in [1.82, 2.24) is 10.2 Å². The van der Waals surface area contributed by atoms with E-state index in [1.165, 1.54) is 5.75 Å². The summed E-state index contributed by atoms with van der Waals surface area (Å²) in [6.07, 6.45) is 4.45. The van der Waals surface area contributed by atoms with Crippen LogP contribution in [0.25, 0.3) is 0 Å². The highest BCUT2D eigenvalue weighted by molar-refractivity contribution is 7.98. The average Bonchev–Trinajstić information content (AvgIpc) is 2.73. The first-order valence-electron chi connectivity index (χ1n) is 9.97. The molecule has 4 nitrogen and oxygen atoms in total. The van der Waals surface area contributed by atoms with E-state index in [0.717, 1.165) is 37.2 Å². The fourth-order valence-electron chi connectivity index (χ4n) is 3.56. The number of likely N-dealkylation sites (tertiary alicyclic amines) is 1. The highest BCUT2D eigenvalue weighted by atomic mass is 32.2. The van der Waals surface area contributed by atoms with Gasteiger partial charge in [0.2, 0.25) is 0 Å². The number of nitrogens with zero attached hydrogens (tertiary/aromatic N) is 1. The van der Waals surface area contributed by atoms with Gasteiger partial charge in [0.05, 0.1) is 0 Å². The third-order valence-corrected chi connectivity index (χ3v) is 6.02. The Bertz CT molecular complexity index is 745. The van der Waals surface area contributed by atoms with Gasteiger partial charge in [-0.15, -0.1) is 0 Å². The molecule has 0 radical (unpaired) electrons. The van der Waals surface area contributed by atoms with Gasteiger partial charge in [-0.2, -0.15) is 11.8 Å². The van der Waals surface area contributed by atoms with Crippen molar-refractivity contribution >= 4 is 17.7 Å². The Morgan fingerprint density at radius 3 is 2.64 bits per heavy atom. The Morgan fingerprint density at radius 1 is 1.18 bits per heavy atom. The van der Waals surface area contributed by atoms with Gasteiger partial charge in [-0.1, -0.05) is 36.4 Å². The number of carbonyl (C=O) groups is 1. The molecule has 1 fully saturated rings. The predicted molar refractivity (Wildman–Crippen MR) is 117 cm³/mol. The smallest absolute Gasteiger partial charge is 0.251 e. The van der Waals surface area contributed by atoms with Crippen LogP contribution in [0.4, 0.5) is 0 Å². The van der Waals surface area contributed by atoms with E-state index < -0.39 is 0 Å². The summed E-state index contributed by atoms with van der Waals surface area (Å²) < 4.78 is 6.19. The van der Waals surface area contributed by atoms with Crippen molar-refractivity contribution in [1.29, 1.82) is 0 Å². The minimum atomic E-state index is -0.0741. The van der Waals surface area contributed by atoms with E-state index >= 15 is 0 Å². The Labute approximate surface area is 172 Å². The first-order valence-corrected chi connectivity index (χ1v) is 11.4. The summed E-state index contributed by atoms with van der Waals surface area (Å²) in [6.45, 7) is 4.97. The van der Waals surface area contributed by atoms with Crippen molar-refractivity contribution in [2.45, 2.75) is 38.5 Å². The van der Waals surface area contributed by atoms with E-state index in [9.17, 15) is 4.79 Å².